The largest absolute Gasteiger partial charge is 0.480 e. The molecule has 2 rings (SSSR count). The van der Waals surface area contributed by atoms with Crippen molar-refractivity contribution in [2.75, 3.05) is 5.32 Å². The van der Waals surface area contributed by atoms with Crippen LogP contribution in [-0.4, -0.2) is 31.7 Å². The number of carboxylic acid groups (broad SMARTS) is 1. The summed E-state index contributed by atoms with van der Waals surface area (Å²) in [6.07, 6.45) is 3.03. The number of rotatable bonds is 4. The van der Waals surface area contributed by atoms with Gasteiger partial charge in [0.25, 0.3) is 5.91 Å². The Kier molecular flexibility index (Phi) is 4.08. The SMILES string of the molecule is CC(C)(C)c1ncc(C(=O)Nc2ccn(CC(=O)O)n2)s1. The minimum atomic E-state index is -0.992. The predicted molar refractivity (Wildman–Crippen MR) is 78.6 cm³/mol. The van der Waals surface area contributed by atoms with Crippen LogP contribution in [0, 0.1) is 0 Å². The van der Waals surface area contributed by atoms with E-state index in [0.29, 0.717) is 10.7 Å². The zero-order valence-electron chi connectivity index (χ0n) is 12.0. The first-order valence-corrected chi connectivity index (χ1v) is 7.10. The van der Waals surface area contributed by atoms with Crippen molar-refractivity contribution in [1.29, 1.82) is 0 Å². The molecule has 0 aromatic carbocycles. The first-order chi connectivity index (χ1) is 9.75. The van der Waals surface area contributed by atoms with Gasteiger partial charge in [-0.1, -0.05) is 20.8 Å². The number of hydrogen-bond acceptors (Lipinski definition) is 5. The van der Waals surface area contributed by atoms with Crippen molar-refractivity contribution in [3.8, 4) is 0 Å². The Labute approximate surface area is 125 Å². The summed E-state index contributed by atoms with van der Waals surface area (Å²) in [6, 6.07) is 1.55. The monoisotopic (exact) mass is 308 g/mol. The second-order valence-electron chi connectivity index (χ2n) is 5.53. The highest BCUT2D eigenvalue weighted by Gasteiger charge is 2.20. The fourth-order valence-corrected chi connectivity index (χ4v) is 2.43. The van der Waals surface area contributed by atoms with E-state index in [1.165, 1.54) is 28.4 Å². The molecule has 1 amide bonds. The van der Waals surface area contributed by atoms with Crippen LogP contribution >= 0.6 is 11.3 Å². The number of thiazole rings is 1. The van der Waals surface area contributed by atoms with Gasteiger partial charge in [-0.2, -0.15) is 5.10 Å². The lowest BCUT2D eigenvalue weighted by atomic mass is 9.98. The summed E-state index contributed by atoms with van der Waals surface area (Å²) in [6.45, 7) is 5.84. The molecule has 0 radical (unpaired) electrons. The first kappa shape index (κ1) is 15.2. The van der Waals surface area contributed by atoms with Crippen LogP contribution in [0.25, 0.3) is 0 Å². The maximum Gasteiger partial charge on any atom is 0.325 e. The van der Waals surface area contributed by atoms with Crippen LogP contribution in [0.3, 0.4) is 0 Å². The van der Waals surface area contributed by atoms with Crippen molar-refractivity contribution in [3.63, 3.8) is 0 Å². The van der Waals surface area contributed by atoms with Crippen molar-refractivity contribution < 1.29 is 14.7 Å². The minimum absolute atomic E-state index is 0.105. The Morgan fingerprint density at radius 3 is 2.71 bits per heavy atom. The number of anilines is 1. The third-order valence-electron chi connectivity index (χ3n) is 2.55. The Balaban J connectivity index is 2.06. The molecule has 0 aliphatic rings. The number of aliphatic carboxylic acids is 1. The van der Waals surface area contributed by atoms with Crippen LogP contribution in [-0.2, 0) is 16.8 Å². The van der Waals surface area contributed by atoms with Gasteiger partial charge in [0, 0.05) is 17.7 Å². The maximum atomic E-state index is 12.1. The Bertz CT molecular complexity index is 669. The van der Waals surface area contributed by atoms with E-state index in [1.807, 2.05) is 20.8 Å². The van der Waals surface area contributed by atoms with Crippen molar-refractivity contribution in [3.05, 3.63) is 28.3 Å². The van der Waals surface area contributed by atoms with Crippen LogP contribution in [0.5, 0.6) is 0 Å². The highest BCUT2D eigenvalue weighted by atomic mass is 32.1. The lowest BCUT2D eigenvalue weighted by Gasteiger charge is -2.13. The zero-order chi connectivity index (χ0) is 15.6. The molecule has 0 saturated carbocycles. The molecule has 0 aliphatic carbocycles. The molecule has 2 heterocycles. The van der Waals surface area contributed by atoms with Gasteiger partial charge in [-0.05, 0) is 0 Å². The average molecular weight is 308 g/mol. The van der Waals surface area contributed by atoms with Crippen LogP contribution in [0.2, 0.25) is 0 Å². The normalized spacial score (nSPS) is 11.4. The van der Waals surface area contributed by atoms with E-state index in [2.05, 4.69) is 15.4 Å². The van der Waals surface area contributed by atoms with Gasteiger partial charge in [-0.25, -0.2) is 4.98 Å². The predicted octanol–water partition coefficient (Wildman–Crippen LogP) is 1.97. The highest BCUT2D eigenvalue weighted by molar-refractivity contribution is 7.13. The molecule has 0 saturated heterocycles. The van der Waals surface area contributed by atoms with Gasteiger partial charge in [0.15, 0.2) is 5.82 Å². The first-order valence-electron chi connectivity index (χ1n) is 6.28. The van der Waals surface area contributed by atoms with Gasteiger partial charge >= 0.3 is 5.97 Å². The molecule has 0 spiro atoms. The molecule has 8 heteroatoms. The molecule has 2 aromatic rings. The summed E-state index contributed by atoms with van der Waals surface area (Å²) in [5.41, 5.74) is -0.105. The van der Waals surface area contributed by atoms with E-state index in [9.17, 15) is 9.59 Å². The molecule has 0 bridgehead atoms. The number of amides is 1. The van der Waals surface area contributed by atoms with Crippen LogP contribution in [0.1, 0.15) is 35.5 Å². The van der Waals surface area contributed by atoms with Gasteiger partial charge in [0.2, 0.25) is 0 Å². The molecule has 0 unspecified atom stereocenters. The summed E-state index contributed by atoms with van der Waals surface area (Å²) < 4.78 is 1.24. The van der Waals surface area contributed by atoms with Crippen LogP contribution in [0.15, 0.2) is 18.5 Å². The summed E-state index contributed by atoms with van der Waals surface area (Å²) in [5, 5.41) is 16.1. The third kappa shape index (κ3) is 3.88. The average Bonchev–Trinajstić information content (AvgIpc) is 2.96. The van der Waals surface area contributed by atoms with Gasteiger partial charge in [-0.3, -0.25) is 14.3 Å². The van der Waals surface area contributed by atoms with E-state index >= 15 is 0 Å². The second-order valence-corrected chi connectivity index (χ2v) is 6.56. The standard InChI is InChI=1S/C13H16N4O3S/c1-13(2,3)12-14-6-8(21-12)11(20)15-9-4-5-17(16-9)7-10(18)19/h4-6H,7H2,1-3H3,(H,18,19)(H,15,16,20). The Morgan fingerprint density at radius 1 is 1.43 bits per heavy atom. The third-order valence-corrected chi connectivity index (χ3v) is 3.97. The van der Waals surface area contributed by atoms with Crippen molar-refractivity contribution in [1.82, 2.24) is 14.8 Å². The van der Waals surface area contributed by atoms with Gasteiger partial charge in [-0.15, -0.1) is 11.3 Å². The fourth-order valence-electron chi connectivity index (χ4n) is 1.56. The topological polar surface area (TPSA) is 97.1 Å². The van der Waals surface area contributed by atoms with E-state index in [0.717, 1.165) is 5.01 Å². The number of carboxylic acids is 1. The van der Waals surface area contributed by atoms with E-state index in [4.69, 9.17) is 5.11 Å². The van der Waals surface area contributed by atoms with Gasteiger partial charge in [0.05, 0.1) is 11.2 Å². The van der Waals surface area contributed by atoms with Crippen LogP contribution < -0.4 is 5.32 Å². The Hall–Kier alpha value is -2.22. The summed E-state index contributed by atoms with van der Waals surface area (Å²) >= 11 is 1.33. The van der Waals surface area contributed by atoms with E-state index in [1.54, 1.807) is 6.07 Å². The van der Waals surface area contributed by atoms with Crippen LogP contribution in [0.4, 0.5) is 5.82 Å². The zero-order valence-corrected chi connectivity index (χ0v) is 12.8. The fraction of sp³-hybridized carbons (Fsp3) is 0.385. The van der Waals surface area contributed by atoms with E-state index < -0.39 is 5.97 Å². The molecule has 0 atom stereocenters. The number of nitrogens with zero attached hydrogens (tertiary/aromatic N) is 3. The number of carbonyl (C=O) groups excluding carboxylic acids is 1. The molecule has 7 nitrogen and oxygen atoms in total. The summed E-state index contributed by atoms with van der Waals surface area (Å²) in [5.74, 6) is -0.983. The molecule has 2 aromatic heterocycles. The minimum Gasteiger partial charge on any atom is -0.480 e. The quantitative estimate of drug-likeness (QED) is 0.900. The maximum absolute atomic E-state index is 12.1. The van der Waals surface area contributed by atoms with Crippen molar-refractivity contribution in [2.45, 2.75) is 32.7 Å². The lowest BCUT2D eigenvalue weighted by molar-refractivity contribution is -0.137. The molecule has 112 valence electrons. The lowest BCUT2D eigenvalue weighted by Crippen LogP contribution is -2.13. The number of aromatic nitrogens is 3. The number of carbonyl (C=O) groups is 2. The highest BCUT2D eigenvalue weighted by Crippen LogP contribution is 2.27. The number of nitrogens with one attached hydrogen (secondary N) is 1. The molecular weight excluding hydrogens is 292 g/mol. The number of hydrogen-bond donors (Lipinski definition) is 2. The molecular formula is C13H16N4O3S. The van der Waals surface area contributed by atoms with E-state index in [-0.39, 0.29) is 17.9 Å². The second kappa shape index (κ2) is 5.65. The summed E-state index contributed by atoms with van der Waals surface area (Å²) in [7, 11) is 0. The molecule has 2 N–H and O–H groups in total. The van der Waals surface area contributed by atoms with Crippen molar-refractivity contribution >= 4 is 29.0 Å². The van der Waals surface area contributed by atoms with Crippen molar-refractivity contribution in [2.24, 2.45) is 0 Å². The molecule has 0 aliphatic heterocycles. The van der Waals surface area contributed by atoms with Gasteiger partial charge < -0.3 is 10.4 Å². The van der Waals surface area contributed by atoms with Gasteiger partial charge in [0.1, 0.15) is 11.4 Å². The molecule has 21 heavy (non-hydrogen) atoms. The smallest absolute Gasteiger partial charge is 0.325 e. The molecule has 0 fully saturated rings. The Morgan fingerprint density at radius 2 is 2.14 bits per heavy atom. The summed E-state index contributed by atoms with van der Waals surface area (Å²) in [4.78, 5) is 27.4.